The Morgan fingerprint density at radius 1 is 1.40 bits per heavy atom. The summed E-state index contributed by atoms with van der Waals surface area (Å²) < 4.78 is 38.1. The lowest BCUT2D eigenvalue weighted by Gasteiger charge is -2.31. The van der Waals surface area contributed by atoms with Crippen molar-refractivity contribution in [3.8, 4) is 0 Å². The minimum atomic E-state index is -4.34. The zero-order valence-electron chi connectivity index (χ0n) is 11.6. The largest absolute Gasteiger partial charge is 0.409 e. The average Bonchev–Trinajstić information content (AvgIpc) is 2.34. The maximum atomic E-state index is 12.7. The third kappa shape index (κ3) is 4.04. The van der Waals surface area contributed by atoms with Crippen LogP contribution < -0.4 is 10.6 Å². The van der Waals surface area contributed by atoms with E-state index >= 15 is 0 Å². The lowest BCUT2D eigenvalue weighted by molar-refractivity contribution is -0.120. The average molecular weight is 289 g/mol. The van der Waals surface area contributed by atoms with Gasteiger partial charge in [-0.3, -0.25) is 0 Å². The van der Waals surface area contributed by atoms with Gasteiger partial charge in [0.15, 0.2) is 5.84 Å². The van der Waals surface area contributed by atoms with E-state index in [0.29, 0.717) is 5.69 Å². The molecule has 0 unspecified atom stereocenters. The van der Waals surface area contributed by atoms with Crippen molar-refractivity contribution in [1.29, 1.82) is 0 Å². The smallest absolute Gasteiger partial charge is 0.405 e. The molecule has 0 aliphatic carbocycles. The van der Waals surface area contributed by atoms with Gasteiger partial charge >= 0.3 is 6.18 Å². The SMILES string of the molecule is Cc1ccc(N(CC(F)(F)F)C(C)C)c(/C(N)=N/O)c1. The molecule has 7 heteroatoms. The zero-order chi connectivity index (χ0) is 15.5. The molecule has 1 aromatic carbocycles. The zero-order valence-corrected chi connectivity index (χ0v) is 11.6. The lowest BCUT2D eigenvalue weighted by Crippen LogP contribution is -2.40. The monoisotopic (exact) mass is 289 g/mol. The first-order valence-electron chi connectivity index (χ1n) is 6.07. The van der Waals surface area contributed by atoms with E-state index in [4.69, 9.17) is 10.9 Å². The summed E-state index contributed by atoms with van der Waals surface area (Å²) in [6, 6.07) is 4.45. The predicted octanol–water partition coefficient (Wildman–Crippen LogP) is 2.87. The van der Waals surface area contributed by atoms with Gasteiger partial charge in [0.25, 0.3) is 0 Å². The van der Waals surface area contributed by atoms with Gasteiger partial charge in [-0.25, -0.2) is 0 Å². The molecule has 20 heavy (non-hydrogen) atoms. The second-order valence-corrected chi connectivity index (χ2v) is 4.84. The molecule has 0 heterocycles. The highest BCUT2D eigenvalue weighted by Gasteiger charge is 2.33. The highest BCUT2D eigenvalue weighted by Crippen LogP contribution is 2.28. The molecule has 0 aromatic heterocycles. The van der Waals surface area contributed by atoms with Crippen molar-refractivity contribution in [1.82, 2.24) is 0 Å². The quantitative estimate of drug-likeness (QED) is 0.388. The van der Waals surface area contributed by atoms with Crippen molar-refractivity contribution in [2.45, 2.75) is 33.0 Å². The van der Waals surface area contributed by atoms with E-state index in [0.717, 1.165) is 5.56 Å². The van der Waals surface area contributed by atoms with Crippen LogP contribution in [0.1, 0.15) is 25.0 Å². The van der Waals surface area contributed by atoms with E-state index < -0.39 is 12.7 Å². The summed E-state index contributed by atoms with van der Waals surface area (Å²) in [5.74, 6) is -0.212. The molecule has 0 saturated heterocycles. The Morgan fingerprint density at radius 2 is 2.00 bits per heavy atom. The van der Waals surface area contributed by atoms with Crippen LogP contribution in [0.3, 0.4) is 0 Å². The number of anilines is 1. The van der Waals surface area contributed by atoms with E-state index in [-0.39, 0.29) is 17.4 Å². The second kappa shape index (κ2) is 6.02. The van der Waals surface area contributed by atoms with E-state index in [9.17, 15) is 13.2 Å². The summed E-state index contributed by atoms with van der Waals surface area (Å²) in [7, 11) is 0. The molecule has 0 aliphatic heterocycles. The summed E-state index contributed by atoms with van der Waals surface area (Å²) in [4.78, 5) is 1.17. The van der Waals surface area contributed by atoms with Crippen molar-refractivity contribution < 1.29 is 18.4 Å². The number of alkyl halides is 3. The van der Waals surface area contributed by atoms with Crippen LogP contribution in [0.2, 0.25) is 0 Å². The van der Waals surface area contributed by atoms with E-state index in [1.165, 1.54) is 4.90 Å². The highest BCUT2D eigenvalue weighted by molar-refractivity contribution is 6.02. The lowest BCUT2D eigenvalue weighted by atomic mass is 10.1. The highest BCUT2D eigenvalue weighted by atomic mass is 19.4. The molecule has 3 N–H and O–H groups in total. The van der Waals surface area contributed by atoms with Crippen LogP contribution in [0.5, 0.6) is 0 Å². The van der Waals surface area contributed by atoms with E-state index in [1.807, 2.05) is 0 Å². The van der Waals surface area contributed by atoms with E-state index in [1.54, 1.807) is 39.0 Å². The number of amidine groups is 1. The third-order valence-electron chi connectivity index (χ3n) is 2.82. The van der Waals surface area contributed by atoms with Gasteiger partial charge in [0.1, 0.15) is 6.54 Å². The minimum Gasteiger partial charge on any atom is -0.409 e. The molecule has 0 bridgehead atoms. The first kappa shape index (κ1) is 16.1. The first-order valence-corrected chi connectivity index (χ1v) is 6.07. The number of hydrogen-bond donors (Lipinski definition) is 2. The van der Waals surface area contributed by atoms with Gasteiger partial charge in [-0.05, 0) is 32.9 Å². The van der Waals surface area contributed by atoms with Crippen molar-refractivity contribution in [2.75, 3.05) is 11.4 Å². The molecule has 0 radical (unpaired) electrons. The topological polar surface area (TPSA) is 61.8 Å². The summed E-state index contributed by atoms with van der Waals surface area (Å²) in [6.07, 6.45) is -4.34. The second-order valence-electron chi connectivity index (χ2n) is 4.84. The number of nitrogens with two attached hydrogens (primary N) is 1. The number of aryl methyl sites for hydroxylation is 1. The van der Waals surface area contributed by atoms with Gasteiger partial charge in [-0.15, -0.1) is 0 Å². The minimum absolute atomic E-state index is 0.212. The molecule has 0 aliphatic rings. The van der Waals surface area contributed by atoms with Crippen LogP contribution in [0.4, 0.5) is 18.9 Å². The molecule has 0 saturated carbocycles. The fourth-order valence-electron chi connectivity index (χ4n) is 1.90. The van der Waals surface area contributed by atoms with Crippen molar-refractivity contribution in [3.63, 3.8) is 0 Å². The molecular weight excluding hydrogens is 271 g/mol. The molecular formula is C13H18F3N3O. The number of rotatable bonds is 4. The molecule has 0 atom stereocenters. The van der Waals surface area contributed by atoms with Crippen LogP contribution in [0.15, 0.2) is 23.4 Å². The van der Waals surface area contributed by atoms with Gasteiger partial charge in [0.05, 0.1) is 0 Å². The van der Waals surface area contributed by atoms with Crippen LogP contribution in [-0.4, -0.2) is 29.8 Å². The van der Waals surface area contributed by atoms with Crippen LogP contribution in [0, 0.1) is 6.92 Å². The maximum Gasteiger partial charge on any atom is 0.405 e. The standard InChI is InChI=1S/C13H18F3N3O/c1-8(2)19(7-13(14,15)16)11-5-4-9(3)6-10(11)12(17)18-20/h4-6,8,20H,7H2,1-3H3,(H2,17,18). The van der Waals surface area contributed by atoms with Gasteiger partial charge in [0, 0.05) is 17.3 Å². The molecule has 0 fully saturated rings. The summed E-state index contributed by atoms with van der Waals surface area (Å²) in [5, 5.41) is 11.7. The van der Waals surface area contributed by atoms with Gasteiger partial charge in [-0.1, -0.05) is 16.8 Å². The number of oxime groups is 1. The fraction of sp³-hybridized carbons (Fsp3) is 0.462. The fourth-order valence-corrected chi connectivity index (χ4v) is 1.90. The predicted molar refractivity (Wildman–Crippen MR) is 72.2 cm³/mol. The van der Waals surface area contributed by atoms with Crippen LogP contribution in [0.25, 0.3) is 0 Å². The summed E-state index contributed by atoms with van der Waals surface area (Å²) in [6.45, 7) is 3.99. The van der Waals surface area contributed by atoms with E-state index in [2.05, 4.69) is 5.16 Å². The molecule has 0 amide bonds. The number of hydrogen-bond acceptors (Lipinski definition) is 3. The first-order chi connectivity index (χ1) is 9.15. The van der Waals surface area contributed by atoms with Crippen LogP contribution >= 0.6 is 0 Å². The number of nitrogens with zero attached hydrogens (tertiary/aromatic N) is 2. The van der Waals surface area contributed by atoms with Gasteiger partial charge in [0.2, 0.25) is 0 Å². The molecule has 1 rings (SSSR count). The van der Waals surface area contributed by atoms with Gasteiger partial charge < -0.3 is 15.8 Å². The van der Waals surface area contributed by atoms with Gasteiger partial charge in [-0.2, -0.15) is 13.2 Å². The Balaban J connectivity index is 3.33. The van der Waals surface area contributed by atoms with Crippen molar-refractivity contribution in [2.24, 2.45) is 10.9 Å². The molecule has 4 nitrogen and oxygen atoms in total. The Kier molecular flexibility index (Phi) is 4.86. The van der Waals surface area contributed by atoms with Crippen molar-refractivity contribution in [3.05, 3.63) is 29.3 Å². The Labute approximate surface area is 115 Å². The molecule has 0 spiro atoms. The van der Waals surface area contributed by atoms with Crippen molar-refractivity contribution >= 4 is 11.5 Å². The normalized spacial score (nSPS) is 12.8. The third-order valence-corrected chi connectivity index (χ3v) is 2.82. The maximum absolute atomic E-state index is 12.7. The van der Waals surface area contributed by atoms with Crippen LogP contribution in [-0.2, 0) is 0 Å². The number of benzene rings is 1. The Morgan fingerprint density at radius 3 is 2.45 bits per heavy atom. The summed E-state index contributed by atoms with van der Waals surface area (Å²) >= 11 is 0. The molecule has 1 aromatic rings. The Hall–Kier alpha value is -1.92. The summed E-state index contributed by atoms with van der Waals surface area (Å²) in [5.41, 5.74) is 6.94. The molecule has 112 valence electrons. The number of halogens is 3. The Bertz CT molecular complexity index is 498.